The first-order valence-corrected chi connectivity index (χ1v) is 5.89. The summed E-state index contributed by atoms with van der Waals surface area (Å²) in [7, 11) is 0. The van der Waals surface area contributed by atoms with Gasteiger partial charge >= 0.3 is 6.16 Å². The Morgan fingerprint density at radius 2 is 1.89 bits per heavy atom. The van der Waals surface area contributed by atoms with Crippen molar-refractivity contribution >= 4 is 12.2 Å². The van der Waals surface area contributed by atoms with Gasteiger partial charge in [-0.1, -0.05) is 55.1 Å². The number of carbonyl (C=O) groups excluding carboxylic acids is 1. The lowest BCUT2D eigenvalue weighted by molar-refractivity contribution is 0.0928. The molecule has 2 aromatic carbocycles. The highest BCUT2D eigenvalue weighted by Gasteiger charge is 2.06. The van der Waals surface area contributed by atoms with Crippen molar-refractivity contribution in [3.63, 3.8) is 0 Å². The molecule has 0 unspecified atom stereocenters. The first-order chi connectivity index (χ1) is 9.28. The van der Waals surface area contributed by atoms with Crippen LogP contribution < -0.4 is 4.74 Å². The Balaban J connectivity index is 1.89. The van der Waals surface area contributed by atoms with Gasteiger partial charge in [-0.25, -0.2) is 4.79 Å². The smallest absolute Gasteiger partial charge is 0.429 e. The molecule has 0 aliphatic rings. The number of hydrogen-bond acceptors (Lipinski definition) is 3. The van der Waals surface area contributed by atoms with Gasteiger partial charge in [-0.2, -0.15) is 0 Å². The maximum absolute atomic E-state index is 11.5. The van der Waals surface area contributed by atoms with Crippen molar-refractivity contribution in [2.24, 2.45) is 0 Å². The fraction of sp³-hybridized carbons (Fsp3) is 0.0625. The third-order valence-electron chi connectivity index (χ3n) is 2.49. The Hall–Kier alpha value is -2.55. The molecule has 0 amide bonds. The molecule has 0 saturated heterocycles. The molecule has 0 aliphatic heterocycles. The Morgan fingerprint density at radius 3 is 2.63 bits per heavy atom. The predicted octanol–water partition coefficient (Wildman–Crippen LogP) is 4.05. The highest BCUT2D eigenvalue weighted by Crippen LogP contribution is 2.15. The Bertz CT molecular complexity index is 561. The quantitative estimate of drug-likeness (QED) is 0.610. The predicted molar refractivity (Wildman–Crippen MR) is 73.8 cm³/mol. The summed E-state index contributed by atoms with van der Waals surface area (Å²) < 4.78 is 10.1. The van der Waals surface area contributed by atoms with Gasteiger partial charge in [0.25, 0.3) is 0 Å². The molecular formula is C16H14O3. The van der Waals surface area contributed by atoms with E-state index in [2.05, 4.69) is 6.58 Å². The first-order valence-electron chi connectivity index (χ1n) is 5.89. The summed E-state index contributed by atoms with van der Waals surface area (Å²) >= 11 is 0. The summed E-state index contributed by atoms with van der Waals surface area (Å²) in [5.74, 6) is 0.440. The van der Waals surface area contributed by atoms with Gasteiger partial charge in [-0.15, -0.1) is 0 Å². The van der Waals surface area contributed by atoms with E-state index in [-0.39, 0.29) is 6.61 Å². The number of carbonyl (C=O) groups is 1. The van der Waals surface area contributed by atoms with E-state index in [1.807, 2.05) is 36.4 Å². The second-order valence-electron chi connectivity index (χ2n) is 3.90. The molecule has 0 N–H and O–H groups in total. The topological polar surface area (TPSA) is 35.5 Å². The molecule has 96 valence electrons. The Kier molecular flexibility index (Phi) is 4.34. The normalized spacial score (nSPS) is 9.68. The van der Waals surface area contributed by atoms with Gasteiger partial charge in [-0.3, -0.25) is 0 Å². The van der Waals surface area contributed by atoms with Crippen molar-refractivity contribution in [3.8, 4) is 5.75 Å². The van der Waals surface area contributed by atoms with Crippen LogP contribution in [0.3, 0.4) is 0 Å². The van der Waals surface area contributed by atoms with E-state index in [0.717, 1.165) is 11.1 Å². The third-order valence-corrected chi connectivity index (χ3v) is 2.49. The van der Waals surface area contributed by atoms with Gasteiger partial charge in [0.2, 0.25) is 0 Å². The maximum atomic E-state index is 11.5. The molecule has 3 heteroatoms. The monoisotopic (exact) mass is 254 g/mol. The molecule has 0 fully saturated rings. The van der Waals surface area contributed by atoms with Gasteiger partial charge in [0.05, 0.1) is 0 Å². The SMILES string of the molecule is C=Cc1cccc(OC(=O)OCc2ccccc2)c1. The molecule has 0 radical (unpaired) electrons. The van der Waals surface area contributed by atoms with Crippen LogP contribution in [0.4, 0.5) is 4.79 Å². The second kappa shape index (κ2) is 6.40. The molecule has 0 heterocycles. The first kappa shape index (κ1) is 12.9. The van der Waals surface area contributed by atoms with E-state index in [9.17, 15) is 4.79 Å². The van der Waals surface area contributed by atoms with E-state index >= 15 is 0 Å². The van der Waals surface area contributed by atoms with Crippen molar-refractivity contribution < 1.29 is 14.3 Å². The van der Waals surface area contributed by atoms with E-state index in [0.29, 0.717) is 5.75 Å². The highest BCUT2D eigenvalue weighted by atomic mass is 16.7. The minimum atomic E-state index is -0.718. The summed E-state index contributed by atoms with van der Waals surface area (Å²) in [4.78, 5) is 11.5. The number of hydrogen-bond donors (Lipinski definition) is 0. The van der Waals surface area contributed by atoms with Gasteiger partial charge in [0.15, 0.2) is 0 Å². The van der Waals surface area contributed by atoms with E-state index in [1.165, 1.54) is 0 Å². The molecule has 0 spiro atoms. The molecule has 0 aromatic heterocycles. The van der Waals surface area contributed by atoms with Crippen LogP contribution in [0.2, 0.25) is 0 Å². The van der Waals surface area contributed by atoms with Gasteiger partial charge in [0.1, 0.15) is 12.4 Å². The summed E-state index contributed by atoms with van der Waals surface area (Å²) in [6, 6.07) is 16.5. The fourth-order valence-corrected chi connectivity index (χ4v) is 1.55. The van der Waals surface area contributed by atoms with Crippen molar-refractivity contribution in [1.82, 2.24) is 0 Å². The van der Waals surface area contributed by atoms with Crippen LogP contribution in [0, 0.1) is 0 Å². The highest BCUT2D eigenvalue weighted by molar-refractivity contribution is 5.64. The zero-order chi connectivity index (χ0) is 13.5. The van der Waals surface area contributed by atoms with E-state index < -0.39 is 6.16 Å². The van der Waals surface area contributed by atoms with Crippen molar-refractivity contribution in [1.29, 1.82) is 0 Å². The summed E-state index contributed by atoms with van der Waals surface area (Å²) in [5, 5.41) is 0. The summed E-state index contributed by atoms with van der Waals surface area (Å²) in [5.41, 5.74) is 1.80. The minimum absolute atomic E-state index is 0.195. The lowest BCUT2D eigenvalue weighted by Crippen LogP contribution is -2.10. The van der Waals surface area contributed by atoms with Crippen LogP contribution in [0.15, 0.2) is 61.2 Å². The lowest BCUT2D eigenvalue weighted by Gasteiger charge is -2.06. The van der Waals surface area contributed by atoms with Crippen LogP contribution in [0.5, 0.6) is 5.75 Å². The van der Waals surface area contributed by atoms with Crippen LogP contribution in [-0.4, -0.2) is 6.16 Å². The average molecular weight is 254 g/mol. The number of benzene rings is 2. The zero-order valence-electron chi connectivity index (χ0n) is 10.4. The third kappa shape index (κ3) is 4.00. The Labute approximate surface area is 112 Å². The number of rotatable bonds is 4. The summed E-state index contributed by atoms with van der Waals surface area (Å²) in [6.07, 6.45) is 0.965. The van der Waals surface area contributed by atoms with E-state index in [1.54, 1.807) is 24.3 Å². The van der Waals surface area contributed by atoms with Crippen LogP contribution in [0.25, 0.3) is 6.08 Å². The van der Waals surface area contributed by atoms with Gasteiger partial charge in [0, 0.05) is 0 Å². The summed E-state index contributed by atoms with van der Waals surface area (Å²) in [6.45, 7) is 3.85. The maximum Gasteiger partial charge on any atom is 0.514 e. The van der Waals surface area contributed by atoms with E-state index in [4.69, 9.17) is 9.47 Å². The lowest BCUT2D eigenvalue weighted by atomic mass is 10.2. The van der Waals surface area contributed by atoms with Gasteiger partial charge in [-0.05, 0) is 23.3 Å². The average Bonchev–Trinajstić information content (AvgIpc) is 2.46. The minimum Gasteiger partial charge on any atom is -0.429 e. The van der Waals surface area contributed by atoms with Crippen LogP contribution in [0.1, 0.15) is 11.1 Å². The molecule has 19 heavy (non-hydrogen) atoms. The largest absolute Gasteiger partial charge is 0.514 e. The molecule has 0 aliphatic carbocycles. The molecule has 0 atom stereocenters. The van der Waals surface area contributed by atoms with Crippen molar-refractivity contribution in [2.45, 2.75) is 6.61 Å². The zero-order valence-corrected chi connectivity index (χ0v) is 10.4. The second-order valence-corrected chi connectivity index (χ2v) is 3.90. The van der Waals surface area contributed by atoms with Crippen LogP contribution >= 0.6 is 0 Å². The number of ether oxygens (including phenoxy) is 2. The molecular weight excluding hydrogens is 240 g/mol. The molecule has 2 rings (SSSR count). The standard InChI is InChI=1S/C16H14O3/c1-2-13-9-6-10-15(11-13)19-16(17)18-12-14-7-4-3-5-8-14/h2-11H,1,12H2. The molecule has 0 saturated carbocycles. The molecule has 2 aromatic rings. The van der Waals surface area contributed by atoms with Crippen LogP contribution in [-0.2, 0) is 11.3 Å². The molecule has 3 nitrogen and oxygen atoms in total. The van der Waals surface area contributed by atoms with Gasteiger partial charge < -0.3 is 9.47 Å². The van der Waals surface area contributed by atoms with Crippen molar-refractivity contribution in [2.75, 3.05) is 0 Å². The Morgan fingerprint density at radius 1 is 1.11 bits per heavy atom. The molecule has 0 bridgehead atoms. The fourth-order valence-electron chi connectivity index (χ4n) is 1.55. The van der Waals surface area contributed by atoms with Crippen molar-refractivity contribution in [3.05, 3.63) is 72.3 Å².